The van der Waals surface area contributed by atoms with Crippen LogP contribution in [0.4, 0.5) is 0 Å². The Balaban J connectivity index is 1.88. The van der Waals surface area contributed by atoms with Crippen molar-refractivity contribution in [2.45, 2.75) is 19.8 Å². The van der Waals surface area contributed by atoms with Crippen LogP contribution in [0.25, 0.3) is 10.8 Å². The first-order valence-electron chi connectivity index (χ1n) is 6.68. The van der Waals surface area contributed by atoms with Gasteiger partial charge < -0.3 is 0 Å². The highest BCUT2D eigenvalue weighted by molar-refractivity contribution is 6.34. The Morgan fingerprint density at radius 2 is 1.70 bits per heavy atom. The first kappa shape index (κ1) is 13.1. The summed E-state index contributed by atoms with van der Waals surface area (Å²) >= 11 is 6.14. The SMILES string of the molecule is Cc1ccc(CCc2cnc(Cl)c3ccccc23)cn1. The molecule has 0 fully saturated rings. The molecule has 3 aromatic rings. The zero-order valence-electron chi connectivity index (χ0n) is 11.3. The van der Waals surface area contributed by atoms with Crippen molar-refractivity contribution in [2.24, 2.45) is 0 Å². The summed E-state index contributed by atoms with van der Waals surface area (Å²) in [7, 11) is 0. The number of aryl methyl sites for hydroxylation is 3. The summed E-state index contributed by atoms with van der Waals surface area (Å²) in [5.41, 5.74) is 3.52. The summed E-state index contributed by atoms with van der Waals surface area (Å²) in [6, 6.07) is 12.3. The van der Waals surface area contributed by atoms with Gasteiger partial charge in [-0.05, 0) is 42.3 Å². The molecule has 0 spiro atoms. The third-order valence-corrected chi connectivity index (χ3v) is 3.79. The molecule has 100 valence electrons. The molecule has 0 unspecified atom stereocenters. The van der Waals surface area contributed by atoms with Crippen LogP contribution in [0.2, 0.25) is 5.15 Å². The Morgan fingerprint density at radius 1 is 0.900 bits per heavy atom. The molecule has 0 bridgehead atoms. The minimum Gasteiger partial charge on any atom is -0.261 e. The second-order valence-electron chi connectivity index (χ2n) is 4.93. The smallest absolute Gasteiger partial charge is 0.136 e. The molecule has 0 saturated carbocycles. The Labute approximate surface area is 123 Å². The molecule has 0 saturated heterocycles. The molecule has 2 heterocycles. The van der Waals surface area contributed by atoms with E-state index in [1.807, 2.05) is 43.6 Å². The van der Waals surface area contributed by atoms with Crippen LogP contribution in [0, 0.1) is 6.92 Å². The summed E-state index contributed by atoms with van der Waals surface area (Å²) in [4.78, 5) is 8.61. The molecule has 0 N–H and O–H groups in total. The van der Waals surface area contributed by atoms with Crippen molar-refractivity contribution in [3.63, 3.8) is 0 Å². The first-order chi connectivity index (χ1) is 9.74. The average Bonchev–Trinajstić information content (AvgIpc) is 2.49. The molecule has 0 aliphatic heterocycles. The van der Waals surface area contributed by atoms with E-state index in [1.54, 1.807) is 0 Å². The molecule has 1 aromatic carbocycles. The van der Waals surface area contributed by atoms with Gasteiger partial charge in [0.05, 0.1) is 0 Å². The highest BCUT2D eigenvalue weighted by Gasteiger charge is 2.05. The van der Waals surface area contributed by atoms with Crippen molar-refractivity contribution in [1.82, 2.24) is 9.97 Å². The number of halogens is 1. The lowest BCUT2D eigenvalue weighted by Gasteiger charge is -2.07. The summed E-state index contributed by atoms with van der Waals surface area (Å²) in [5, 5.41) is 2.78. The molecular formula is C17H15ClN2. The summed E-state index contributed by atoms with van der Waals surface area (Å²) < 4.78 is 0. The van der Waals surface area contributed by atoms with Gasteiger partial charge in [-0.15, -0.1) is 0 Å². The Bertz CT molecular complexity index is 736. The zero-order chi connectivity index (χ0) is 13.9. The lowest BCUT2D eigenvalue weighted by molar-refractivity contribution is 0.946. The van der Waals surface area contributed by atoms with Crippen LogP contribution < -0.4 is 0 Å². The maximum absolute atomic E-state index is 6.14. The molecular weight excluding hydrogens is 268 g/mol. The molecule has 0 aliphatic rings. The van der Waals surface area contributed by atoms with E-state index >= 15 is 0 Å². The molecule has 2 nitrogen and oxygen atoms in total. The van der Waals surface area contributed by atoms with E-state index < -0.39 is 0 Å². The number of fused-ring (bicyclic) bond motifs is 1. The van der Waals surface area contributed by atoms with Crippen molar-refractivity contribution in [2.75, 3.05) is 0 Å². The van der Waals surface area contributed by atoms with Crippen molar-refractivity contribution >= 4 is 22.4 Å². The monoisotopic (exact) mass is 282 g/mol. The van der Waals surface area contributed by atoms with Crippen LogP contribution in [-0.4, -0.2) is 9.97 Å². The van der Waals surface area contributed by atoms with E-state index in [1.165, 1.54) is 16.5 Å². The predicted octanol–water partition coefficient (Wildman–Crippen LogP) is 4.38. The molecule has 3 rings (SSSR count). The van der Waals surface area contributed by atoms with Gasteiger partial charge in [0.1, 0.15) is 5.15 Å². The maximum atomic E-state index is 6.14. The molecule has 2 aromatic heterocycles. The molecule has 3 heteroatoms. The minimum atomic E-state index is 0.571. The number of rotatable bonds is 3. The summed E-state index contributed by atoms with van der Waals surface area (Å²) in [6.45, 7) is 2.00. The topological polar surface area (TPSA) is 25.8 Å². The minimum absolute atomic E-state index is 0.571. The van der Waals surface area contributed by atoms with E-state index in [-0.39, 0.29) is 0 Å². The Kier molecular flexibility index (Phi) is 3.66. The van der Waals surface area contributed by atoms with Gasteiger partial charge >= 0.3 is 0 Å². The highest BCUT2D eigenvalue weighted by atomic mass is 35.5. The first-order valence-corrected chi connectivity index (χ1v) is 7.05. The summed E-state index contributed by atoms with van der Waals surface area (Å²) in [6.07, 6.45) is 5.73. The predicted molar refractivity (Wildman–Crippen MR) is 83.1 cm³/mol. The molecule has 0 radical (unpaired) electrons. The fourth-order valence-electron chi connectivity index (χ4n) is 2.34. The molecule has 0 amide bonds. The standard InChI is InChI=1S/C17H15ClN2/c1-12-6-7-13(10-19-12)8-9-14-11-20-17(18)16-5-3-2-4-15(14)16/h2-7,10-11H,8-9H2,1H3. The van der Waals surface area contributed by atoms with Gasteiger partial charge in [0.2, 0.25) is 0 Å². The Hall–Kier alpha value is -1.93. The Morgan fingerprint density at radius 3 is 2.45 bits per heavy atom. The molecule has 20 heavy (non-hydrogen) atoms. The van der Waals surface area contributed by atoms with Crippen LogP contribution >= 0.6 is 11.6 Å². The van der Waals surface area contributed by atoms with Gasteiger partial charge in [-0.2, -0.15) is 0 Å². The lowest BCUT2D eigenvalue weighted by atomic mass is 10.0. The second-order valence-corrected chi connectivity index (χ2v) is 5.29. The largest absolute Gasteiger partial charge is 0.261 e. The van der Waals surface area contributed by atoms with Gasteiger partial charge in [-0.1, -0.05) is 41.9 Å². The maximum Gasteiger partial charge on any atom is 0.136 e. The average molecular weight is 283 g/mol. The third kappa shape index (κ3) is 2.66. The van der Waals surface area contributed by atoms with Crippen molar-refractivity contribution in [3.05, 3.63) is 70.8 Å². The van der Waals surface area contributed by atoms with Crippen molar-refractivity contribution in [3.8, 4) is 0 Å². The normalized spacial score (nSPS) is 10.9. The van der Waals surface area contributed by atoms with Crippen LogP contribution in [0.5, 0.6) is 0 Å². The van der Waals surface area contributed by atoms with Crippen LogP contribution in [0.15, 0.2) is 48.8 Å². The van der Waals surface area contributed by atoms with Crippen molar-refractivity contribution in [1.29, 1.82) is 0 Å². The fourth-order valence-corrected chi connectivity index (χ4v) is 2.55. The summed E-state index contributed by atoms with van der Waals surface area (Å²) in [5.74, 6) is 0. The number of benzene rings is 1. The number of hydrogen-bond acceptors (Lipinski definition) is 2. The van der Waals surface area contributed by atoms with E-state index in [9.17, 15) is 0 Å². The molecule has 0 atom stereocenters. The number of pyridine rings is 2. The van der Waals surface area contributed by atoms with Crippen LogP contribution in [0.3, 0.4) is 0 Å². The second kappa shape index (κ2) is 5.59. The van der Waals surface area contributed by atoms with Gasteiger partial charge in [0.15, 0.2) is 0 Å². The van der Waals surface area contributed by atoms with Gasteiger partial charge in [0.25, 0.3) is 0 Å². The van der Waals surface area contributed by atoms with Crippen LogP contribution in [-0.2, 0) is 12.8 Å². The third-order valence-electron chi connectivity index (χ3n) is 3.48. The van der Waals surface area contributed by atoms with E-state index in [4.69, 9.17) is 11.6 Å². The quantitative estimate of drug-likeness (QED) is 0.666. The lowest BCUT2D eigenvalue weighted by Crippen LogP contribution is -1.95. The van der Waals surface area contributed by atoms with Crippen LogP contribution in [0.1, 0.15) is 16.8 Å². The number of aromatic nitrogens is 2. The number of nitrogens with zero attached hydrogens (tertiary/aromatic N) is 2. The van der Waals surface area contributed by atoms with Crippen molar-refractivity contribution < 1.29 is 0 Å². The highest BCUT2D eigenvalue weighted by Crippen LogP contribution is 2.25. The van der Waals surface area contributed by atoms with Gasteiger partial charge in [-0.3, -0.25) is 4.98 Å². The molecule has 0 aliphatic carbocycles. The van der Waals surface area contributed by atoms with Gasteiger partial charge in [-0.25, -0.2) is 4.98 Å². The zero-order valence-corrected chi connectivity index (χ0v) is 12.1. The van der Waals surface area contributed by atoms with E-state index in [0.717, 1.165) is 23.9 Å². The number of hydrogen-bond donors (Lipinski definition) is 0. The van der Waals surface area contributed by atoms with E-state index in [0.29, 0.717) is 5.15 Å². The fraction of sp³-hybridized carbons (Fsp3) is 0.176. The van der Waals surface area contributed by atoms with Gasteiger partial charge in [0, 0.05) is 23.5 Å². The van der Waals surface area contributed by atoms with E-state index in [2.05, 4.69) is 22.1 Å².